The second-order valence-electron chi connectivity index (χ2n) is 6.88. The quantitative estimate of drug-likeness (QED) is 0.578. The van der Waals surface area contributed by atoms with E-state index in [0.29, 0.717) is 25.5 Å². The SMILES string of the molecule is B[C@@H]1O[C@H](CNC(=O)CC2C[C@H](B)O[C@@H]2COC)C(OC)[C@@H]1C. The van der Waals surface area contributed by atoms with Crippen LogP contribution in [0.4, 0.5) is 0 Å². The van der Waals surface area contributed by atoms with Gasteiger partial charge in [-0.25, -0.2) is 0 Å². The molecule has 0 bridgehead atoms. The number of ether oxygens (including phenoxy) is 4. The molecular weight excluding hydrogens is 296 g/mol. The molecule has 7 atom stereocenters. The smallest absolute Gasteiger partial charge is 0.220 e. The Morgan fingerprint density at radius 3 is 2.65 bits per heavy atom. The summed E-state index contributed by atoms with van der Waals surface area (Å²) in [7, 11) is 7.45. The minimum atomic E-state index is -0.0810. The molecule has 0 aromatic carbocycles. The van der Waals surface area contributed by atoms with E-state index < -0.39 is 0 Å². The molecule has 23 heavy (non-hydrogen) atoms. The van der Waals surface area contributed by atoms with Crippen molar-refractivity contribution in [1.82, 2.24) is 5.32 Å². The van der Waals surface area contributed by atoms with Crippen molar-refractivity contribution in [1.29, 1.82) is 0 Å². The summed E-state index contributed by atoms with van der Waals surface area (Å²) in [5.41, 5.74) is 0. The highest BCUT2D eigenvalue weighted by atomic mass is 16.6. The highest BCUT2D eigenvalue weighted by Gasteiger charge is 2.40. The third-order valence-electron chi connectivity index (χ3n) is 5.13. The molecule has 130 valence electrons. The first kappa shape index (κ1) is 18.8. The Hall–Kier alpha value is -0.560. The van der Waals surface area contributed by atoms with Crippen molar-refractivity contribution in [3.63, 3.8) is 0 Å². The molecule has 6 nitrogen and oxygen atoms in total. The standard InChI is InChI=1S/C15H29B2NO5/c1-8-14(21-3)10(23-15(8)17)6-18-13(19)5-9-4-12(16)22-11(9)7-20-2/h8-12,14-15H,4-7,16-17H2,1-3H3,(H,18,19)/t8-,9?,10+,11+,12+,14?,15+/m0/s1. The topological polar surface area (TPSA) is 66.0 Å². The van der Waals surface area contributed by atoms with E-state index in [1.54, 1.807) is 14.2 Å². The summed E-state index contributed by atoms with van der Waals surface area (Å²) in [5, 5.41) is 2.99. The van der Waals surface area contributed by atoms with Gasteiger partial charge in [-0.2, -0.15) is 0 Å². The Labute approximate surface area is 140 Å². The van der Waals surface area contributed by atoms with Crippen LogP contribution in [0.3, 0.4) is 0 Å². The minimum Gasteiger partial charge on any atom is -0.382 e. The normalized spacial score (nSPS) is 40.4. The number of nitrogens with one attached hydrogen (secondary N) is 1. The van der Waals surface area contributed by atoms with Gasteiger partial charge in [-0.3, -0.25) is 4.79 Å². The fourth-order valence-electron chi connectivity index (χ4n) is 3.74. The molecule has 2 saturated heterocycles. The van der Waals surface area contributed by atoms with Gasteiger partial charge in [0.1, 0.15) is 21.8 Å². The van der Waals surface area contributed by atoms with Gasteiger partial charge < -0.3 is 24.3 Å². The van der Waals surface area contributed by atoms with Crippen LogP contribution >= 0.6 is 0 Å². The molecule has 2 rings (SSSR count). The predicted molar refractivity (Wildman–Crippen MR) is 92.0 cm³/mol. The molecule has 2 heterocycles. The largest absolute Gasteiger partial charge is 0.382 e. The third kappa shape index (κ3) is 4.72. The second-order valence-corrected chi connectivity index (χ2v) is 6.88. The molecule has 2 unspecified atom stereocenters. The van der Waals surface area contributed by atoms with Crippen LogP contribution in [-0.4, -0.2) is 79.3 Å². The first-order valence-corrected chi connectivity index (χ1v) is 8.55. The molecule has 0 aliphatic carbocycles. The zero-order chi connectivity index (χ0) is 17.0. The fraction of sp³-hybridized carbons (Fsp3) is 0.933. The number of hydrogen-bond acceptors (Lipinski definition) is 5. The molecule has 2 fully saturated rings. The van der Waals surface area contributed by atoms with Crippen molar-refractivity contribution in [3.05, 3.63) is 0 Å². The van der Waals surface area contributed by atoms with Gasteiger partial charge in [0.2, 0.25) is 5.91 Å². The van der Waals surface area contributed by atoms with E-state index in [1.165, 1.54) is 0 Å². The van der Waals surface area contributed by atoms with Gasteiger partial charge in [-0.1, -0.05) is 6.92 Å². The lowest BCUT2D eigenvalue weighted by atomic mass is 9.86. The first-order chi connectivity index (χ1) is 11.0. The predicted octanol–water partition coefficient (Wildman–Crippen LogP) is -1.49. The number of amides is 1. The molecule has 0 spiro atoms. The highest BCUT2D eigenvalue weighted by molar-refractivity contribution is 6.11. The summed E-state index contributed by atoms with van der Waals surface area (Å²) >= 11 is 0. The molecule has 8 heteroatoms. The molecule has 2 aliphatic rings. The average molecular weight is 325 g/mol. The van der Waals surface area contributed by atoms with E-state index in [0.717, 1.165) is 6.42 Å². The Kier molecular flexibility index (Phi) is 6.95. The number of hydrogen-bond donors (Lipinski definition) is 1. The van der Waals surface area contributed by atoms with Crippen molar-refractivity contribution in [2.75, 3.05) is 27.4 Å². The lowest BCUT2D eigenvalue weighted by Crippen LogP contribution is -2.40. The van der Waals surface area contributed by atoms with Gasteiger partial charge in [0.15, 0.2) is 0 Å². The van der Waals surface area contributed by atoms with Crippen LogP contribution in [0.2, 0.25) is 0 Å². The van der Waals surface area contributed by atoms with E-state index in [4.69, 9.17) is 18.9 Å². The monoisotopic (exact) mass is 325 g/mol. The van der Waals surface area contributed by atoms with Crippen molar-refractivity contribution >= 4 is 21.6 Å². The zero-order valence-electron chi connectivity index (χ0n) is 14.9. The average Bonchev–Trinajstić information content (AvgIpc) is 2.97. The van der Waals surface area contributed by atoms with Crippen LogP contribution < -0.4 is 5.32 Å². The highest BCUT2D eigenvalue weighted by Crippen LogP contribution is 2.29. The van der Waals surface area contributed by atoms with Crippen molar-refractivity contribution in [2.24, 2.45) is 11.8 Å². The van der Waals surface area contributed by atoms with E-state index in [-0.39, 0.29) is 42.1 Å². The number of rotatable bonds is 7. The Balaban J connectivity index is 1.79. The fourth-order valence-corrected chi connectivity index (χ4v) is 3.74. The van der Waals surface area contributed by atoms with Crippen molar-refractivity contribution in [2.45, 2.75) is 50.1 Å². The molecular formula is C15H29B2NO5. The van der Waals surface area contributed by atoms with Crippen LogP contribution in [0.15, 0.2) is 0 Å². The summed E-state index contributed by atoms with van der Waals surface area (Å²) in [4.78, 5) is 12.3. The number of carbonyl (C=O) groups excluding carboxylic acids is 1. The molecule has 1 amide bonds. The summed E-state index contributed by atoms with van der Waals surface area (Å²) in [6, 6.07) is 0.336. The van der Waals surface area contributed by atoms with Crippen LogP contribution in [0.25, 0.3) is 0 Å². The van der Waals surface area contributed by atoms with Crippen LogP contribution in [0.5, 0.6) is 0 Å². The maximum atomic E-state index is 12.3. The molecule has 0 aromatic heterocycles. The minimum absolute atomic E-state index is 0.00949. The van der Waals surface area contributed by atoms with Crippen molar-refractivity contribution < 1.29 is 23.7 Å². The number of carbonyl (C=O) groups is 1. The van der Waals surface area contributed by atoms with E-state index in [9.17, 15) is 4.79 Å². The van der Waals surface area contributed by atoms with Gasteiger partial charge in [0.25, 0.3) is 0 Å². The maximum absolute atomic E-state index is 12.3. The van der Waals surface area contributed by atoms with Gasteiger partial charge in [0.05, 0.1) is 18.8 Å². The second kappa shape index (κ2) is 8.51. The van der Waals surface area contributed by atoms with Crippen LogP contribution in [0.1, 0.15) is 19.8 Å². The number of methoxy groups -OCH3 is 2. The lowest BCUT2D eigenvalue weighted by Gasteiger charge is -2.21. The van der Waals surface area contributed by atoms with Gasteiger partial charge in [-0.15, -0.1) is 0 Å². The summed E-state index contributed by atoms with van der Waals surface area (Å²) < 4.78 is 22.4. The van der Waals surface area contributed by atoms with Gasteiger partial charge in [0, 0.05) is 45.1 Å². The zero-order valence-corrected chi connectivity index (χ0v) is 14.9. The maximum Gasteiger partial charge on any atom is 0.220 e. The molecule has 0 saturated carbocycles. The molecule has 2 aliphatic heterocycles. The van der Waals surface area contributed by atoms with Crippen molar-refractivity contribution in [3.8, 4) is 0 Å². The molecule has 0 radical (unpaired) electrons. The third-order valence-corrected chi connectivity index (χ3v) is 5.13. The molecule has 1 N–H and O–H groups in total. The van der Waals surface area contributed by atoms with E-state index in [1.807, 2.05) is 15.7 Å². The first-order valence-electron chi connectivity index (χ1n) is 8.55. The summed E-state index contributed by atoms with van der Waals surface area (Å²) in [5.74, 6) is 0.585. The summed E-state index contributed by atoms with van der Waals surface area (Å²) in [6.07, 6.45) is 1.32. The van der Waals surface area contributed by atoms with Crippen LogP contribution in [-0.2, 0) is 23.7 Å². The van der Waals surface area contributed by atoms with Gasteiger partial charge in [-0.05, 0) is 12.3 Å². The Bertz CT molecular complexity index is 400. The molecule has 0 aromatic rings. The lowest BCUT2D eigenvalue weighted by molar-refractivity contribution is -0.123. The van der Waals surface area contributed by atoms with Crippen LogP contribution in [0, 0.1) is 11.8 Å². The van der Waals surface area contributed by atoms with E-state index in [2.05, 4.69) is 12.2 Å². The van der Waals surface area contributed by atoms with Gasteiger partial charge >= 0.3 is 0 Å². The Morgan fingerprint density at radius 2 is 2.00 bits per heavy atom. The van der Waals surface area contributed by atoms with E-state index >= 15 is 0 Å². The Morgan fingerprint density at radius 1 is 1.26 bits per heavy atom. The summed E-state index contributed by atoms with van der Waals surface area (Å²) in [6.45, 7) is 3.14.